The van der Waals surface area contributed by atoms with Crippen LogP contribution in [0.3, 0.4) is 0 Å². The molecule has 2 heterocycles. The van der Waals surface area contributed by atoms with Crippen LogP contribution in [0.2, 0.25) is 0 Å². The largest absolute Gasteiger partial charge is 0.217 e. The number of aromatic nitrogens is 3. The van der Waals surface area contributed by atoms with E-state index < -0.39 is 0 Å². The molecule has 0 aliphatic carbocycles. The highest BCUT2D eigenvalue weighted by Gasteiger charge is 2.11. The molecule has 0 amide bonds. The summed E-state index contributed by atoms with van der Waals surface area (Å²) in [4.78, 5) is 5.62. The van der Waals surface area contributed by atoms with Crippen molar-refractivity contribution in [2.24, 2.45) is 0 Å². The molecule has 0 saturated carbocycles. The van der Waals surface area contributed by atoms with Crippen LogP contribution >= 0.6 is 11.3 Å². The first-order chi connectivity index (χ1) is 12.9. The van der Waals surface area contributed by atoms with Crippen LogP contribution in [0.15, 0.2) is 91.1 Å². The van der Waals surface area contributed by atoms with Gasteiger partial charge in [0.05, 0.1) is 11.9 Å². The van der Waals surface area contributed by atoms with Crippen LogP contribution in [0.5, 0.6) is 0 Å². The monoisotopic (exact) mass is 353 g/mol. The Bertz CT molecular complexity index is 1130. The predicted octanol–water partition coefficient (Wildman–Crippen LogP) is 5.79. The first-order valence-corrected chi connectivity index (χ1v) is 9.26. The molecule has 3 aromatic carbocycles. The topological polar surface area (TPSA) is 30.2 Å². The second-order valence-corrected chi connectivity index (χ2v) is 7.03. The number of fused-ring (bicyclic) bond motifs is 1. The molecule has 4 heteroatoms. The van der Waals surface area contributed by atoms with Crippen molar-refractivity contribution in [3.63, 3.8) is 0 Å². The average molecular weight is 353 g/mol. The molecule has 0 N–H and O–H groups in total. The lowest BCUT2D eigenvalue weighted by Gasteiger charge is -2.02. The van der Waals surface area contributed by atoms with Gasteiger partial charge >= 0.3 is 0 Å². The van der Waals surface area contributed by atoms with Crippen molar-refractivity contribution < 1.29 is 0 Å². The van der Waals surface area contributed by atoms with Gasteiger partial charge < -0.3 is 0 Å². The molecule has 0 aliphatic heterocycles. The molecule has 0 bridgehead atoms. The van der Waals surface area contributed by atoms with Gasteiger partial charge in [0.25, 0.3) is 0 Å². The molecule has 2 aromatic heterocycles. The Kier molecular flexibility index (Phi) is 3.61. The third kappa shape index (κ3) is 2.70. The number of benzene rings is 3. The molecule has 0 radical (unpaired) electrons. The fraction of sp³-hybridized carbons (Fsp3) is 0. The van der Waals surface area contributed by atoms with Gasteiger partial charge in [-0.25, -0.2) is 9.50 Å². The summed E-state index contributed by atoms with van der Waals surface area (Å²) in [6, 6.07) is 29.1. The Labute approximate surface area is 155 Å². The number of hydrogen-bond acceptors (Lipinski definition) is 3. The normalized spacial score (nSPS) is 11.1. The second kappa shape index (κ2) is 6.24. The van der Waals surface area contributed by atoms with E-state index in [0.29, 0.717) is 0 Å². The Morgan fingerprint density at radius 1 is 0.615 bits per heavy atom. The zero-order valence-electron chi connectivity index (χ0n) is 13.9. The van der Waals surface area contributed by atoms with E-state index in [1.807, 2.05) is 35.0 Å². The molecule has 26 heavy (non-hydrogen) atoms. The quantitative estimate of drug-likeness (QED) is 0.411. The SMILES string of the molecule is c1ccc(-c2ccc(-c3nn4cc(-c5ccccc5)nc4s3)cc2)cc1. The molecule has 0 fully saturated rings. The van der Waals surface area contributed by atoms with Crippen molar-refractivity contribution in [3.8, 4) is 33.0 Å². The number of imidazole rings is 1. The second-order valence-electron chi connectivity index (χ2n) is 6.07. The first-order valence-electron chi connectivity index (χ1n) is 8.44. The van der Waals surface area contributed by atoms with Crippen molar-refractivity contribution in [1.82, 2.24) is 14.6 Å². The molecule has 5 rings (SSSR count). The molecule has 0 spiro atoms. The van der Waals surface area contributed by atoms with E-state index in [1.54, 1.807) is 11.3 Å². The van der Waals surface area contributed by atoms with Crippen molar-refractivity contribution in [2.75, 3.05) is 0 Å². The van der Waals surface area contributed by atoms with E-state index in [4.69, 9.17) is 10.1 Å². The predicted molar refractivity (Wildman–Crippen MR) is 107 cm³/mol. The van der Waals surface area contributed by atoms with Crippen molar-refractivity contribution in [2.45, 2.75) is 0 Å². The van der Waals surface area contributed by atoms with Crippen LogP contribution in [0.25, 0.3) is 37.9 Å². The van der Waals surface area contributed by atoms with E-state index in [0.717, 1.165) is 26.8 Å². The van der Waals surface area contributed by atoms with E-state index in [2.05, 4.69) is 60.7 Å². The zero-order chi connectivity index (χ0) is 17.3. The zero-order valence-corrected chi connectivity index (χ0v) is 14.7. The van der Waals surface area contributed by atoms with Crippen molar-refractivity contribution in [1.29, 1.82) is 0 Å². The Morgan fingerprint density at radius 2 is 1.19 bits per heavy atom. The van der Waals surface area contributed by atoms with Crippen molar-refractivity contribution in [3.05, 3.63) is 91.1 Å². The summed E-state index contributed by atoms with van der Waals surface area (Å²) < 4.78 is 1.87. The maximum Gasteiger partial charge on any atom is 0.213 e. The fourth-order valence-electron chi connectivity index (χ4n) is 3.00. The van der Waals surface area contributed by atoms with Gasteiger partial charge in [-0.15, -0.1) is 0 Å². The van der Waals surface area contributed by atoms with Crippen LogP contribution in [-0.2, 0) is 0 Å². The molecule has 0 unspecified atom stereocenters. The highest BCUT2D eigenvalue weighted by molar-refractivity contribution is 7.19. The number of nitrogens with zero attached hydrogens (tertiary/aromatic N) is 3. The summed E-state index contributed by atoms with van der Waals surface area (Å²) in [7, 11) is 0. The Morgan fingerprint density at radius 3 is 1.85 bits per heavy atom. The maximum absolute atomic E-state index is 4.71. The van der Waals surface area contributed by atoms with E-state index in [9.17, 15) is 0 Å². The summed E-state index contributed by atoms with van der Waals surface area (Å²) in [6.45, 7) is 0. The lowest BCUT2D eigenvalue weighted by molar-refractivity contribution is 0.978. The van der Waals surface area contributed by atoms with Crippen LogP contribution < -0.4 is 0 Å². The minimum absolute atomic E-state index is 0.908. The summed E-state index contributed by atoms with van der Waals surface area (Å²) in [6.07, 6.45) is 1.99. The third-order valence-corrected chi connectivity index (χ3v) is 5.32. The lowest BCUT2D eigenvalue weighted by atomic mass is 10.0. The minimum atomic E-state index is 0.908. The molecule has 124 valence electrons. The van der Waals surface area contributed by atoms with E-state index in [1.165, 1.54) is 11.1 Å². The third-order valence-electron chi connectivity index (χ3n) is 4.35. The maximum atomic E-state index is 4.71. The van der Waals surface area contributed by atoms with Gasteiger partial charge in [0.2, 0.25) is 4.96 Å². The van der Waals surface area contributed by atoms with Gasteiger partial charge in [0.15, 0.2) is 0 Å². The molecular weight excluding hydrogens is 338 g/mol. The van der Waals surface area contributed by atoms with Gasteiger partial charge in [-0.05, 0) is 11.1 Å². The molecular formula is C22H15N3S. The van der Waals surface area contributed by atoms with E-state index in [-0.39, 0.29) is 0 Å². The van der Waals surface area contributed by atoms with Crippen LogP contribution in [0, 0.1) is 0 Å². The van der Waals surface area contributed by atoms with Gasteiger partial charge in [-0.2, -0.15) is 5.10 Å². The summed E-state index contributed by atoms with van der Waals surface area (Å²) >= 11 is 1.61. The first kappa shape index (κ1) is 15.0. The smallest absolute Gasteiger partial charge is 0.213 e. The average Bonchev–Trinajstić information content (AvgIpc) is 3.29. The standard InChI is InChI=1S/C22H15N3S/c1-3-7-16(8-4-1)17-11-13-19(14-12-17)21-24-25-15-20(23-22(25)26-21)18-9-5-2-6-10-18/h1-15H. The van der Waals surface area contributed by atoms with Gasteiger partial charge in [0.1, 0.15) is 5.01 Å². The van der Waals surface area contributed by atoms with Gasteiger partial charge in [-0.1, -0.05) is 96.3 Å². The van der Waals surface area contributed by atoms with Crippen LogP contribution in [0.1, 0.15) is 0 Å². The van der Waals surface area contributed by atoms with Crippen LogP contribution in [-0.4, -0.2) is 14.6 Å². The Hall–Kier alpha value is -3.24. The van der Waals surface area contributed by atoms with Crippen LogP contribution in [0.4, 0.5) is 0 Å². The summed E-state index contributed by atoms with van der Waals surface area (Å²) in [5.41, 5.74) is 5.61. The highest BCUT2D eigenvalue weighted by atomic mass is 32.1. The molecule has 0 atom stereocenters. The lowest BCUT2D eigenvalue weighted by Crippen LogP contribution is -1.83. The van der Waals surface area contributed by atoms with Gasteiger partial charge in [-0.3, -0.25) is 0 Å². The highest BCUT2D eigenvalue weighted by Crippen LogP contribution is 2.29. The van der Waals surface area contributed by atoms with Gasteiger partial charge in [0, 0.05) is 11.1 Å². The van der Waals surface area contributed by atoms with Crippen molar-refractivity contribution >= 4 is 16.3 Å². The minimum Gasteiger partial charge on any atom is -0.217 e. The molecule has 5 aromatic rings. The Balaban J connectivity index is 1.47. The number of hydrogen-bond donors (Lipinski definition) is 0. The van der Waals surface area contributed by atoms with E-state index >= 15 is 0 Å². The summed E-state index contributed by atoms with van der Waals surface area (Å²) in [5, 5.41) is 5.68. The molecule has 0 saturated heterocycles. The fourth-order valence-corrected chi connectivity index (χ4v) is 3.89. The summed E-state index contributed by atoms with van der Waals surface area (Å²) in [5.74, 6) is 0. The molecule has 3 nitrogen and oxygen atoms in total. The number of rotatable bonds is 3. The molecule has 0 aliphatic rings.